The van der Waals surface area contributed by atoms with Crippen molar-refractivity contribution in [2.75, 3.05) is 6.61 Å². The molecule has 2 heterocycles. The van der Waals surface area contributed by atoms with Crippen LogP contribution in [0.25, 0.3) is 16.8 Å². The molecule has 208 valence electrons. The molecule has 0 spiro atoms. The van der Waals surface area contributed by atoms with Crippen LogP contribution in [-0.2, 0) is 11.8 Å². The highest BCUT2D eigenvalue weighted by Crippen LogP contribution is 2.55. The average Bonchev–Trinajstić information content (AvgIpc) is 3.43. The molecule has 40 heavy (non-hydrogen) atoms. The number of hydrogen-bond acceptors (Lipinski definition) is 6. The van der Waals surface area contributed by atoms with Crippen molar-refractivity contribution in [2.24, 2.45) is 13.0 Å². The van der Waals surface area contributed by atoms with Crippen LogP contribution in [0.5, 0.6) is 5.75 Å². The summed E-state index contributed by atoms with van der Waals surface area (Å²) >= 11 is 0. The lowest BCUT2D eigenvalue weighted by atomic mass is 9.86. The summed E-state index contributed by atoms with van der Waals surface area (Å²) < 4.78 is 15.3. The Bertz CT molecular complexity index is 1470. The van der Waals surface area contributed by atoms with Crippen LogP contribution in [0.1, 0.15) is 86.0 Å². The second kappa shape index (κ2) is 11.3. The molecule has 8 heteroatoms. The van der Waals surface area contributed by atoms with E-state index in [2.05, 4.69) is 58.7 Å². The fraction of sp³-hybridized carbons (Fsp3) is 0.438. The average molecular weight is 540 g/mol. The molecule has 2 aliphatic carbocycles. The summed E-state index contributed by atoms with van der Waals surface area (Å²) in [5.74, 6) is 1.53. The van der Waals surface area contributed by atoms with Crippen molar-refractivity contribution in [3.05, 3.63) is 77.9 Å². The van der Waals surface area contributed by atoms with E-state index in [0.717, 1.165) is 40.4 Å². The van der Waals surface area contributed by atoms with Gasteiger partial charge in [0.05, 0.1) is 36.0 Å². The van der Waals surface area contributed by atoms with Crippen molar-refractivity contribution < 1.29 is 14.3 Å². The maximum absolute atomic E-state index is 12.9. The maximum Gasteiger partial charge on any atom is 0.341 e. The highest BCUT2D eigenvalue weighted by molar-refractivity contribution is 5.91. The van der Waals surface area contributed by atoms with Gasteiger partial charge in [0.1, 0.15) is 11.3 Å². The summed E-state index contributed by atoms with van der Waals surface area (Å²) in [6.45, 7) is 4.34. The minimum absolute atomic E-state index is 0.116. The van der Waals surface area contributed by atoms with Crippen molar-refractivity contribution >= 4 is 5.97 Å². The molecule has 2 aliphatic rings. The van der Waals surface area contributed by atoms with E-state index in [9.17, 15) is 4.79 Å². The van der Waals surface area contributed by atoms with Crippen LogP contribution in [-0.4, -0.2) is 43.5 Å². The summed E-state index contributed by atoms with van der Waals surface area (Å²) in [5, 5.41) is 13.1. The van der Waals surface area contributed by atoms with Gasteiger partial charge in [-0.05, 0) is 74.4 Å². The van der Waals surface area contributed by atoms with Gasteiger partial charge in [-0.25, -0.2) is 9.48 Å². The Morgan fingerprint density at radius 3 is 2.58 bits per heavy atom. The number of ether oxygens (including phenoxy) is 2. The van der Waals surface area contributed by atoms with Crippen LogP contribution in [0.3, 0.4) is 0 Å². The fourth-order valence-corrected chi connectivity index (χ4v) is 6.10. The molecular weight excluding hydrogens is 502 g/mol. The third-order valence-electron chi connectivity index (χ3n) is 8.36. The third-order valence-corrected chi connectivity index (χ3v) is 8.36. The number of carbonyl (C=O) groups excluding carboxylic acids is 1. The van der Waals surface area contributed by atoms with Crippen molar-refractivity contribution in [3.63, 3.8) is 0 Å². The highest BCUT2D eigenvalue weighted by atomic mass is 16.5. The zero-order valence-corrected chi connectivity index (χ0v) is 23.5. The molecule has 0 bridgehead atoms. The molecule has 0 aliphatic heterocycles. The Morgan fingerprint density at radius 2 is 1.85 bits per heavy atom. The molecule has 2 fully saturated rings. The number of rotatable bonds is 9. The van der Waals surface area contributed by atoms with Crippen LogP contribution in [0.4, 0.5) is 0 Å². The first kappa shape index (κ1) is 26.3. The van der Waals surface area contributed by atoms with E-state index in [1.165, 1.54) is 32.1 Å². The first-order valence-corrected chi connectivity index (χ1v) is 14.5. The Morgan fingerprint density at radius 1 is 1.05 bits per heavy atom. The van der Waals surface area contributed by atoms with E-state index in [1.807, 2.05) is 37.0 Å². The van der Waals surface area contributed by atoms with Gasteiger partial charge in [-0.3, -0.25) is 4.68 Å². The Kier molecular flexibility index (Phi) is 7.41. The summed E-state index contributed by atoms with van der Waals surface area (Å²) in [4.78, 5) is 12.9. The van der Waals surface area contributed by atoms with Crippen LogP contribution < -0.4 is 4.74 Å². The van der Waals surface area contributed by atoms with E-state index in [-0.39, 0.29) is 23.9 Å². The predicted octanol–water partition coefficient (Wildman–Crippen LogP) is 6.46. The van der Waals surface area contributed by atoms with E-state index in [0.29, 0.717) is 18.1 Å². The minimum atomic E-state index is -0.345. The number of benzene rings is 2. The molecule has 2 aromatic carbocycles. The lowest BCUT2D eigenvalue weighted by molar-refractivity contribution is 0.0525. The molecule has 0 N–H and O–H groups in total. The second-order valence-electron chi connectivity index (χ2n) is 11.1. The van der Waals surface area contributed by atoms with Gasteiger partial charge in [-0.1, -0.05) is 48.7 Å². The Labute approximate surface area is 235 Å². The second-order valence-corrected chi connectivity index (χ2v) is 11.1. The van der Waals surface area contributed by atoms with Crippen molar-refractivity contribution in [2.45, 2.75) is 70.3 Å². The van der Waals surface area contributed by atoms with E-state index in [1.54, 1.807) is 10.9 Å². The summed E-state index contributed by atoms with van der Waals surface area (Å²) in [5.41, 5.74) is 5.39. The topological polar surface area (TPSA) is 84.1 Å². The third kappa shape index (κ3) is 5.40. The summed E-state index contributed by atoms with van der Waals surface area (Å²) in [6, 6.07) is 16.6. The lowest BCUT2D eigenvalue weighted by Crippen LogP contribution is -2.25. The monoisotopic (exact) mass is 539 g/mol. The molecule has 1 unspecified atom stereocenters. The standard InChI is InChI=1S/C32H37N5O3/c1-4-39-32(38)29-19-33-37(31(29)28-18-27(28)30-20-36(3)35-34-30)25-12-8-11-24(17-25)23-13-15-26(16-14-23)40-21(2)22-9-6-5-7-10-22/h8,11-17,19-22,27-28H,4-7,9-10,18H2,1-3H3/t21?,27-,28-/m0/s1. The minimum Gasteiger partial charge on any atom is -0.490 e. The molecule has 6 rings (SSSR count). The molecule has 2 saturated carbocycles. The lowest BCUT2D eigenvalue weighted by Gasteiger charge is -2.28. The van der Waals surface area contributed by atoms with Crippen molar-refractivity contribution in [1.29, 1.82) is 0 Å². The van der Waals surface area contributed by atoms with E-state index in [4.69, 9.17) is 9.47 Å². The first-order valence-electron chi connectivity index (χ1n) is 14.5. The van der Waals surface area contributed by atoms with Crippen LogP contribution >= 0.6 is 0 Å². The molecule has 3 atom stereocenters. The number of aromatic nitrogens is 5. The zero-order valence-electron chi connectivity index (χ0n) is 23.5. The van der Waals surface area contributed by atoms with Gasteiger partial charge in [0.25, 0.3) is 0 Å². The smallest absolute Gasteiger partial charge is 0.341 e. The van der Waals surface area contributed by atoms with Gasteiger partial charge in [-0.2, -0.15) is 5.10 Å². The molecule has 8 nitrogen and oxygen atoms in total. The van der Waals surface area contributed by atoms with Crippen LogP contribution in [0.2, 0.25) is 0 Å². The van der Waals surface area contributed by atoms with E-state index >= 15 is 0 Å². The molecule has 0 radical (unpaired) electrons. The number of nitrogens with zero attached hydrogens (tertiary/aromatic N) is 5. The molecule has 0 saturated heterocycles. The van der Waals surface area contributed by atoms with E-state index < -0.39 is 0 Å². The van der Waals surface area contributed by atoms with Crippen LogP contribution in [0, 0.1) is 5.92 Å². The van der Waals surface area contributed by atoms with Crippen LogP contribution in [0.15, 0.2) is 60.9 Å². The van der Waals surface area contributed by atoms with Gasteiger partial charge in [-0.15, -0.1) is 5.10 Å². The number of esters is 1. The largest absolute Gasteiger partial charge is 0.490 e. The first-order chi connectivity index (χ1) is 19.5. The predicted molar refractivity (Wildman–Crippen MR) is 153 cm³/mol. The van der Waals surface area contributed by atoms with Gasteiger partial charge < -0.3 is 9.47 Å². The number of hydrogen-bond donors (Lipinski definition) is 0. The Balaban J connectivity index is 1.25. The molecular formula is C32H37N5O3. The number of carbonyl (C=O) groups is 1. The van der Waals surface area contributed by atoms with Gasteiger partial charge in [0.2, 0.25) is 0 Å². The van der Waals surface area contributed by atoms with Crippen molar-refractivity contribution in [3.8, 4) is 22.6 Å². The van der Waals surface area contributed by atoms with Gasteiger partial charge in [0.15, 0.2) is 0 Å². The van der Waals surface area contributed by atoms with Gasteiger partial charge >= 0.3 is 5.97 Å². The maximum atomic E-state index is 12.9. The fourth-order valence-electron chi connectivity index (χ4n) is 6.10. The van der Waals surface area contributed by atoms with Crippen molar-refractivity contribution in [1.82, 2.24) is 24.8 Å². The van der Waals surface area contributed by atoms with Gasteiger partial charge in [0, 0.05) is 25.1 Å². The summed E-state index contributed by atoms with van der Waals surface area (Å²) in [7, 11) is 1.86. The highest BCUT2D eigenvalue weighted by Gasteiger charge is 2.46. The summed E-state index contributed by atoms with van der Waals surface area (Å²) in [6.07, 6.45) is 11.2. The normalized spacial score (nSPS) is 19.8. The number of aryl methyl sites for hydroxylation is 1. The quantitative estimate of drug-likeness (QED) is 0.227. The molecule has 2 aromatic heterocycles. The zero-order chi connectivity index (χ0) is 27.6. The SMILES string of the molecule is CCOC(=O)c1cnn(-c2cccc(-c3ccc(OC(C)C4CCCCC4)cc3)c2)c1[C@H]1C[C@@H]1c1cn(C)nn1. The molecule has 0 amide bonds. The Hall–Kier alpha value is -3.94. The molecule has 4 aromatic rings.